The molecule has 1 aromatic heterocycles. The normalized spacial score (nSPS) is 12.2. The molecule has 0 fully saturated rings. The average molecular weight is 265 g/mol. The Morgan fingerprint density at radius 2 is 1.60 bits per heavy atom. The topological polar surface area (TPSA) is 50.9 Å². The van der Waals surface area contributed by atoms with Crippen LogP contribution in [0.25, 0.3) is 11.4 Å². The molecule has 1 atom stereocenters. The van der Waals surface area contributed by atoms with E-state index in [1.54, 1.807) is 11.0 Å². The van der Waals surface area contributed by atoms with Gasteiger partial charge in [0.15, 0.2) is 5.82 Å². The van der Waals surface area contributed by atoms with Gasteiger partial charge in [0, 0.05) is 5.56 Å². The molecule has 0 bridgehead atoms. The summed E-state index contributed by atoms with van der Waals surface area (Å²) in [7, 11) is 0. The van der Waals surface area contributed by atoms with E-state index in [-0.39, 0.29) is 0 Å². The lowest BCUT2D eigenvalue weighted by Gasteiger charge is -2.10. The predicted molar refractivity (Wildman–Crippen MR) is 76.9 cm³/mol. The third-order valence-corrected chi connectivity index (χ3v) is 3.11. The number of aliphatic hydroxyl groups is 1. The lowest BCUT2D eigenvalue weighted by molar-refractivity contribution is 0.151. The van der Waals surface area contributed by atoms with E-state index in [1.807, 2.05) is 60.7 Å². The van der Waals surface area contributed by atoms with Gasteiger partial charge in [-0.25, -0.2) is 9.67 Å². The van der Waals surface area contributed by atoms with Crippen molar-refractivity contribution in [3.63, 3.8) is 0 Å². The molecule has 0 saturated heterocycles. The van der Waals surface area contributed by atoms with Gasteiger partial charge in [-0.1, -0.05) is 60.7 Å². The standard InChI is InChI=1S/C16H15N3O/c20-15(13-7-3-1-4-8-13)11-19-12-17-16(18-19)14-9-5-2-6-10-14/h1-10,12,15,20H,11H2. The van der Waals surface area contributed by atoms with E-state index in [9.17, 15) is 5.11 Å². The Bertz CT molecular complexity index is 664. The summed E-state index contributed by atoms with van der Waals surface area (Å²) in [5.41, 5.74) is 1.85. The van der Waals surface area contributed by atoms with Gasteiger partial charge in [-0.2, -0.15) is 5.10 Å². The molecule has 4 heteroatoms. The molecule has 0 aliphatic rings. The first-order chi connectivity index (χ1) is 9.83. The number of hydrogen-bond acceptors (Lipinski definition) is 3. The maximum absolute atomic E-state index is 10.2. The van der Waals surface area contributed by atoms with Crippen LogP contribution in [-0.2, 0) is 6.54 Å². The Morgan fingerprint density at radius 1 is 0.950 bits per heavy atom. The number of benzene rings is 2. The Labute approximate surface area is 117 Å². The van der Waals surface area contributed by atoms with E-state index < -0.39 is 6.10 Å². The van der Waals surface area contributed by atoms with Gasteiger partial charge in [-0.3, -0.25) is 0 Å². The quantitative estimate of drug-likeness (QED) is 0.789. The number of hydrogen-bond donors (Lipinski definition) is 1. The fourth-order valence-electron chi connectivity index (χ4n) is 2.06. The largest absolute Gasteiger partial charge is 0.386 e. The van der Waals surface area contributed by atoms with Gasteiger partial charge in [-0.05, 0) is 5.56 Å². The number of nitrogens with zero attached hydrogens (tertiary/aromatic N) is 3. The van der Waals surface area contributed by atoms with Gasteiger partial charge in [0.1, 0.15) is 6.33 Å². The van der Waals surface area contributed by atoms with Crippen LogP contribution in [0.2, 0.25) is 0 Å². The molecule has 0 aliphatic heterocycles. The summed E-state index contributed by atoms with van der Waals surface area (Å²) < 4.78 is 1.67. The zero-order chi connectivity index (χ0) is 13.8. The first kappa shape index (κ1) is 12.6. The van der Waals surface area contributed by atoms with Crippen molar-refractivity contribution >= 4 is 0 Å². The van der Waals surface area contributed by atoms with E-state index in [0.717, 1.165) is 11.1 Å². The second-order valence-corrected chi connectivity index (χ2v) is 4.58. The average Bonchev–Trinajstić information content (AvgIpc) is 2.97. The first-order valence-corrected chi connectivity index (χ1v) is 6.51. The zero-order valence-electron chi connectivity index (χ0n) is 10.9. The van der Waals surface area contributed by atoms with E-state index in [1.165, 1.54) is 0 Å². The Morgan fingerprint density at radius 3 is 2.30 bits per heavy atom. The van der Waals surface area contributed by atoms with Crippen LogP contribution in [0.15, 0.2) is 67.0 Å². The van der Waals surface area contributed by atoms with Gasteiger partial charge in [0.25, 0.3) is 0 Å². The van der Waals surface area contributed by atoms with Crippen molar-refractivity contribution in [1.29, 1.82) is 0 Å². The molecule has 1 N–H and O–H groups in total. The highest BCUT2D eigenvalue weighted by molar-refractivity contribution is 5.53. The molecule has 1 unspecified atom stereocenters. The fraction of sp³-hybridized carbons (Fsp3) is 0.125. The SMILES string of the molecule is OC(Cn1cnc(-c2ccccc2)n1)c1ccccc1. The summed E-state index contributed by atoms with van der Waals surface area (Å²) in [6, 6.07) is 19.4. The summed E-state index contributed by atoms with van der Waals surface area (Å²) in [6.07, 6.45) is 1.07. The summed E-state index contributed by atoms with van der Waals surface area (Å²) in [5, 5.41) is 14.6. The molecule has 0 aliphatic carbocycles. The third-order valence-electron chi connectivity index (χ3n) is 3.11. The zero-order valence-corrected chi connectivity index (χ0v) is 10.9. The van der Waals surface area contributed by atoms with Gasteiger partial charge in [0.05, 0.1) is 12.6 Å². The van der Waals surface area contributed by atoms with Gasteiger partial charge in [-0.15, -0.1) is 0 Å². The lowest BCUT2D eigenvalue weighted by Crippen LogP contribution is -2.09. The third kappa shape index (κ3) is 2.75. The van der Waals surface area contributed by atoms with Crippen LogP contribution in [0.4, 0.5) is 0 Å². The van der Waals surface area contributed by atoms with Crippen molar-refractivity contribution in [2.24, 2.45) is 0 Å². The van der Waals surface area contributed by atoms with Crippen molar-refractivity contribution in [3.8, 4) is 11.4 Å². The minimum absolute atomic E-state index is 0.393. The van der Waals surface area contributed by atoms with E-state index in [2.05, 4.69) is 10.1 Å². The van der Waals surface area contributed by atoms with E-state index in [4.69, 9.17) is 0 Å². The number of aromatic nitrogens is 3. The highest BCUT2D eigenvalue weighted by Gasteiger charge is 2.10. The first-order valence-electron chi connectivity index (χ1n) is 6.51. The van der Waals surface area contributed by atoms with Crippen molar-refractivity contribution in [2.75, 3.05) is 0 Å². The van der Waals surface area contributed by atoms with Crippen LogP contribution in [0, 0.1) is 0 Å². The van der Waals surface area contributed by atoms with Crippen molar-refractivity contribution in [3.05, 3.63) is 72.6 Å². The van der Waals surface area contributed by atoms with Crippen LogP contribution in [0.5, 0.6) is 0 Å². The highest BCUT2D eigenvalue weighted by atomic mass is 16.3. The molecule has 3 aromatic rings. The van der Waals surface area contributed by atoms with Crippen LogP contribution in [0.1, 0.15) is 11.7 Å². The molecule has 0 amide bonds. The maximum atomic E-state index is 10.2. The second-order valence-electron chi connectivity index (χ2n) is 4.58. The number of rotatable bonds is 4. The lowest BCUT2D eigenvalue weighted by atomic mass is 10.1. The Hall–Kier alpha value is -2.46. The Balaban J connectivity index is 1.75. The van der Waals surface area contributed by atoms with Gasteiger partial charge in [0.2, 0.25) is 0 Å². The molecule has 0 spiro atoms. The number of aliphatic hydroxyl groups excluding tert-OH is 1. The molecule has 0 radical (unpaired) electrons. The van der Waals surface area contributed by atoms with Crippen LogP contribution in [0.3, 0.4) is 0 Å². The smallest absolute Gasteiger partial charge is 0.181 e. The molecular formula is C16H15N3O. The van der Waals surface area contributed by atoms with Crippen molar-refractivity contribution in [2.45, 2.75) is 12.6 Å². The van der Waals surface area contributed by atoms with E-state index in [0.29, 0.717) is 12.4 Å². The fourth-order valence-corrected chi connectivity index (χ4v) is 2.06. The van der Waals surface area contributed by atoms with Gasteiger partial charge >= 0.3 is 0 Å². The predicted octanol–water partition coefficient (Wildman–Crippen LogP) is 2.68. The summed E-state index contributed by atoms with van der Waals surface area (Å²) in [6.45, 7) is 0.393. The summed E-state index contributed by atoms with van der Waals surface area (Å²) >= 11 is 0. The second kappa shape index (κ2) is 5.67. The molecule has 2 aromatic carbocycles. The monoisotopic (exact) mass is 265 g/mol. The minimum Gasteiger partial charge on any atom is -0.386 e. The van der Waals surface area contributed by atoms with Gasteiger partial charge < -0.3 is 5.11 Å². The van der Waals surface area contributed by atoms with Crippen LogP contribution >= 0.6 is 0 Å². The van der Waals surface area contributed by atoms with Crippen molar-refractivity contribution < 1.29 is 5.11 Å². The molecule has 3 rings (SSSR count). The molecule has 4 nitrogen and oxygen atoms in total. The molecule has 1 heterocycles. The molecule has 100 valence electrons. The maximum Gasteiger partial charge on any atom is 0.181 e. The van der Waals surface area contributed by atoms with E-state index >= 15 is 0 Å². The summed E-state index contributed by atoms with van der Waals surface area (Å²) in [4.78, 5) is 4.27. The summed E-state index contributed by atoms with van der Waals surface area (Å²) in [5.74, 6) is 0.672. The molecule has 20 heavy (non-hydrogen) atoms. The molecule has 0 saturated carbocycles. The van der Waals surface area contributed by atoms with Crippen LogP contribution in [-0.4, -0.2) is 19.9 Å². The minimum atomic E-state index is -0.582. The van der Waals surface area contributed by atoms with Crippen LogP contribution < -0.4 is 0 Å². The Kier molecular flexibility index (Phi) is 3.56. The van der Waals surface area contributed by atoms with Crippen molar-refractivity contribution in [1.82, 2.24) is 14.8 Å². The highest BCUT2D eigenvalue weighted by Crippen LogP contribution is 2.16. The molecular weight excluding hydrogens is 250 g/mol.